The van der Waals surface area contributed by atoms with Crippen LogP contribution < -0.4 is 14.4 Å². The van der Waals surface area contributed by atoms with Gasteiger partial charge in [0.1, 0.15) is 24.2 Å². The number of halogens is 2. The molecule has 0 N–H and O–H groups in total. The highest BCUT2D eigenvalue weighted by Gasteiger charge is 2.43. The first-order valence-corrected chi connectivity index (χ1v) is 20.3. The van der Waals surface area contributed by atoms with Gasteiger partial charge in [-0.05, 0) is 120 Å². The number of hydrogen-bond donors (Lipinski definition) is 0. The van der Waals surface area contributed by atoms with E-state index in [1.54, 1.807) is 24.1 Å². The highest BCUT2D eigenvalue weighted by atomic mass is 35.5. The number of amides is 1. The van der Waals surface area contributed by atoms with Gasteiger partial charge in [0, 0.05) is 12.6 Å². The molecule has 1 saturated carbocycles. The van der Waals surface area contributed by atoms with Crippen LogP contribution in [-0.4, -0.2) is 25.0 Å². The molecule has 0 saturated heterocycles. The van der Waals surface area contributed by atoms with Crippen LogP contribution in [0.3, 0.4) is 0 Å². The van der Waals surface area contributed by atoms with E-state index in [-0.39, 0.29) is 35.7 Å². The number of hydrogen-bond acceptors (Lipinski definition) is 5. The molecule has 1 amide bonds. The van der Waals surface area contributed by atoms with E-state index in [4.69, 9.17) is 37.4 Å². The Kier molecular flexibility index (Phi) is 11.6. The highest BCUT2D eigenvalue weighted by Crippen LogP contribution is 2.47. The Bertz CT molecular complexity index is 1960. The van der Waals surface area contributed by atoms with Crippen LogP contribution in [0.2, 0.25) is 10.0 Å². The average molecular weight is 769 g/mol. The normalized spacial score (nSPS) is 24.3. The molecule has 6 nitrogen and oxygen atoms in total. The van der Waals surface area contributed by atoms with Crippen LogP contribution in [-0.2, 0) is 33.8 Å². The van der Waals surface area contributed by atoms with Crippen LogP contribution in [0.1, 0.15) is 93.2 Å². The first-order valence-electron chi connectivity index (χ1n) is 19.5. The maximum absolute atomic E-state index is 14.5. The Balaban J connectivity index is 1.14. The number of ether oxygens (including phenoxy) is 3. The zero-order chi connectivity index (χ0) is 38.1. The molecule has 2 aliphatic carbocycles. The van der Waals surface area contributed by atoms with Gasteiger partial charge in [0.15, 0.2) is 0 Å². The molecule has 1 aliphatic heterocycles. The molecule has 1 fully saturated rings. The van der Waals surface area contributed by atoms with E-state index in [0.29, 0.717) is 52.3 Å². The van der Waals surface area contributed by atoms with E-state index >= 15 is 0 Å². The van der Waals surface area contributed by atoms with Crippen LogP contribution in [0.4, 0.5) is 5.69 Å². The summed E-state index contributed by atoms with van der Waals surface area (Å²) in [5.74, 6) is 2.44. The number of nitrogens with zero attached hydrogens (tertiary/aromatic N) is 1. The van der Waals surface area contributed by atoms with Gasteiger partial charge < -0.3 is 19.1 Å². The summed E-state index contributed by atoms with van der Waals surface area (Å²) in [6, 6.07) is 27.6. The number of anilines is 1. The lowest BCUT2D eigenvalue weighted by atomic mass is 9.67. The Labute approximate surface area is 330 Å². The lowest BCUT2D eigenvalue weighted by Crippen LogP contribution is -2.42. The van der Waals surface area contributed by atoms with E-state index in [1.807, 2.05) is 36.4 Å². The van der Waals surface area contributed by atoms with E-state index in [9.17, 15) is 9.59 Å². The predicted molar refractivity (Wildman–Crippen MR) is 216 cm³/mol. The van der Waals surface area contributed by atoms with Crippen LogP contribution in [0.15, 0.2) is 84.9 Å². The Morgan fingerprint density at radius 2 is 1.65 bits per heavy atom. The summed E-state index contributed by atoms with van der Waals surface area (Å²) in [4.78, 5) is 30.0. The molecule has 7 atom stereocenters. The molecule has 4 aromatic rings. The lowest BCUT2D eigenvalue weighted by molar-refractivity contribution is -0.163. The monoisotopic (exact) mass is 767 g/mol. The molecular formula is C46H51Cl2NO5. The third-order valence-corrected chi connectivity index (χ3v) is 12.9. The summed E-state index contributed by atoms with van der Waals surface area (Å²) >= 11 is 12.2. The van der Waals surface area contributed by atoms with E-state index in [1.165, 1.54) is 12.0 Å². The van der Waals surface area contributed by atoms with Crippen LogP contribution in [0.25, 0.3) is 0 Å². The largest absolute Gasteiger partial charge is 0.489 e. The number of carbonyl (C=O) groups excluding carboxylic acids is 2. The third kappa shape index (κ3) is 8.02. The third-order valence-electron chi connectivity index (χ3n) is 12.1. The fourth-order valence-corrected chi connectivity index (χ4v) is 9.37. The topological polar surface area (TPSA) is 65.1 Å². The predicted octanol–water partition coefficient (Wildman–Crippen LogP) is 11.2. The first kappa shape index (κ1) is 38.3. The molecule has 54 heavy (non-hydrogen) atoms. The minimum absolute atomic E-state index is 0.0547. The average Bonchev–Trinajstić information content (AvgIpc) is 3.16. The number of rotatable bonds is 10. The number of benzene rings is 4. The van der Waals surface area contributed by atoms with Gasteiger partial charge >= 0.3 is 5.97 Å². The van der Waals surface area contributed by atoms with Crippen LogP contribution in [0.5, 0.6) is 11.5 Å². The second-order valence-corrected chi connectivity index (χ2v) is 16.8. The van der Waals surface area contributed by atoms with Crippen molar-refractivity contribution in [2.24, 2.45) is 29.6 Å². The molecule has 4 aromatic carbocycles. The Hall–Kier alpha value is -4.00. The van der Waals surface area contributed by atoms with Crippen molar-refractivity contribution in [3.05, 3.63) is 123 Å². The lowest BCUT2D eigenvalue weighted by Gasteiger charge is -2.41. The molecule has 0 aromatic heterocycles. The molecule has 3 aliphatic rings. The smallest absolute Gasteiger partial charge is 0.309 e. The summed E-state index contributed by atoms with van der Waals surface area (Å²) in [6.07, 6.45) is 4.56. The maximum atomic E-state index is 14.5. The first-order chi connectivity index (χ1) is 26.0. The van der Waals surface area contributed by atoms with Crippen molar-refractivity contribution in [3.8, 4) is 11.5 Å². The van der Waals surface area contributed by atoms with E-state index in [2.05, 4.69) is 64.1 Å². The second-order valence-electron chi connectivity index (χ2n) is 16.0. The summed E-state index contributed by atoms with van der Waals surface area (Å²) in [5, 5.41) is 0.981. The van der Waals surface area contributed by atoms with Crippen molar-refractivity contribution in [1.29, 1.82) is 0 Å². The van der Waals surface area contributed by atoms with Crippen LogP contribution in [0, 0.1) is 29.6 Å². The molecule has 7 rings (SSSR count). The minimum Gasteiger partial charge on any atom is -0.489 e. The van der Waals surface area contributed by atoms with Crippen molar-refractivity contribution >= 4 is 40.8 Å². The van der Waals surface area contributed by atoms with Crippen molar-refractivity contribution in [2.45, 2.75) is 91.0 Å². The molecular weight excluding hydrogens is 717 g/mol. The molecule has 0 spiro atoms. The molecule has 1 unspecified atom stereocenters. The maximum Gasteiger partial charge on any atom is 0.309 e. The van der Waals surface area contributed by atoms with Gasteiger partial charge in [-0.25, -0.2) is 0 Å². The molecule has 284 valence electrons. The van der Waals surface area contributed by atoms with Crippen molar-refractivity contribution < 1.29 is 23.8 Å². The molecule has 0 radical (unpaired) electrons. The Morgan fingerprint density at radius 1 is 0.907 bits per heavy atom. The number of esters is 1. The van der Waals surface area contributed by atoms with E-state index < -0.39 is 6.10 Å². The quantitative estimate of drug-likeness (QED) is 0.150. The molecule has 8 heteroatoms. The van der Waals surface area contributed by atoms with Gasteiger partial charge in [-0.3, -0.25) is 9.59 Å². The number of carbonyl (C=O) groups is 2. The fourth-order valence-electron chi connectivity index (χ4n) is 9.05. The van der Waals surface area contributed by atoms with Gasteiger partial charge in [0.25, 0.3) is 5.91 Å². The molecule has 1 heterocycles. The molecule has 0 bridgehead atoms. The SMILES string of the molecule is CC[C@@H](c1ccccc1)C1Cc2cc3c(cc2C[C@H]1C(=O)O[C@@H]1C[C@H](C)CC[C@H]1C(C)C)N(C)C(=O)[C@@H](c1ccc(OCc2ccc(Cl)c(Cl)c2)cc1)O3. The zero-order valence-electron chi connectivity index (χ0n) is 31.9. The summed E-state index contributed by atoms with van der Waals surface area (Å²) in [5.41, 5.74) is 5.86. The fraction of sp³-hybridized carbons (Fsp3) is 0.435. The van der Waals surface area contributed by atoms with Crippen molar-refractivity contribution in [3.63, 3.8) is 0 Å². The minimum atomic E-state index is -0.800. The van der Waals surface area contributed by atoms with Gasteiger partial charge in [0.05, 0.1) is 21.7 Å². The summed E-state index contributed by atoms with van der Waals surface area (Å²) in [6.45, 7) is 9.33. The van der Waals surface area contributed by atoms with E-state index in [0.717, 1.165) is 53.6 Å². The number of fused-ring (bicyclic) bond motifs is 2. The van der Waals surface area contributed by atoms with Gasteiger partial charge in [-0.15, -0.1) is 0 Å². The van der Waals surface area contributed by atoms with Gasteiger partial charge in [-0.1, -0.05) is 106 Å². The Morgan fingerprint density at radius 3 is 2.35 bits per heavy atom. The second kappa shape index (κ2) is 16.4. The van der Waals surface area contributed by atoms with Crippen LogP contribution >= 0.6 is 23.2 Å². The standard InChI is InChI=1S/C46H51Cl2NO5/c1-6-35(30-10-8-7-9-11-30)37-22-33-25-43-41(24-32(33)23-38(37)46(51)54-42-20-28(4)12-18-36(42)27(2)3)49(5)45(50)44(53-43)31-14-16-34(17-15-31)52-26-29-13-19-39(47)40(48)21-29/h7-11,13-17,19,21,24-25,27-28,35-38,42,44H,6,12,18,20,22-23,26H2,1-5H3/t28-,35+,36+,37?,38-,42-,44-/m1/s1. The summed E-state index contributed by atoms with van der Waals surface area (Å²) < 4.78 is 19.1. The number of likely N-dealkylation sites (N-methyl/N-ethyl adjacent to an activating group) is 1. The van der Waals surface area contributed by atoms with Gasteiger partial charge in [0.2, 0.25) is 6.10 Å². The van der Waals surface area contributed by atoms with Gasteiger partial charge in [-0.2, -0.15) is 0 Å². The highest BCUT2D eigenvalue weighted by molar-refractivity contribution is 6.42. The van der Waals surface area contributed by atoms with Crippen molar-refractivity contribution in [2.75, 3.05) is 11.9 Å². The zero-order valence-corrected chi connectivity index (χ0v) is 33.4. The van der Waals surface area contributed by atoms with Crippen molar-refractivity contribution in [1.82, 2.24) is 0 Å². The summed E-state index contributed by atoms with van der Waals surface area (Å²) in [7, 11) is 1.80.